The van der Waals surface area contributed by atoms with Gasteiger partial charge >= 0.3 is 5.97 Å². The fourth-order valence-electron chi connectivity index (χ4n) is 1.55. The molecule has 98 valence electrons. The van der Waals surface area contributed by atoms with Gasteiger partial charge in [-0.1, -0.05) is 12.1 Å². The summed E-state index contributed by atoms with van der Waals surface area (Å²) in [5, 5.41) is 9.30. The highest BCUT2D eigenvalue weighted by atomic mass is 79.9. The molecule has 0 fully saturated rings. The van der Waals surface area contributed by atoms with Crippen molar-refractivity contribution in [1.29, 1.82) is 0 Å². The summed E-state index contributed by atoms with van der Waals surface area (Å²) in [4.78, 5) is 11.8. The molecular weight excluding hydrogens is 310 g/mol. The number of benzene rings is 2. The molecule has 0 radical (unpaired) electrons. The smallest absolute Gasteiger partial charge is 0.338 e. The van der Waals surface area contributed by atoms with Crippen molar-refractivity contribution in [2.75, 3.05) is 5.73 Å². The molecule has 0 unspecified atom stereocenters. The van der Waals surface area contributed by atoms with Gasteiger partial charge in [0.25, 0.3) is 0 Å². The number of aromatic hydroxyl groups is 1. The lowest BCUT2D eigenvalue weighted by Gasteiger charge is -2.06. The Hall–Kier alpha value is -2.01. The van der Waals surface area contributed by atoms with Crippen LogP contribution in [0, 0.1) is 0 Å². The zero-order valence-corrected chi connectivity index (χ0v) is 11.6. The van der Waals surface area contributed by atoms with Gasteiger partial charge in [-0.2, -0.15) is 0 Å². The highest BCUT2D eigenvalue weighted by Crippen LogP contribution is 2.21. The molecule has 2 rings (SSSR count). The second kappa shape index (κ2) is 5.75. The predicted molar refractivity (Wildman–Crippen MR) is 75.8 cm³/mol. The van der Waals surface area contributed by atoms with Crippen LogP contribution in [-0.2, 0) is 11.3 Å². The molecule has 0 atom stereocenters. The van der Waals surface area contributed by atoms with E-state index in [9.17, 15) is 9.90 Å². The van der Waals surface area contributed by atoms with Crippen LogP contribution in [0.1, 0.15) is 15.9 Å². The van der Waals surface area contributed by atoms with E-state index >= 15 is 0 Å². The van der Waals surface area contributed by atoms with Crippen LogP contribution in [0.3, 0.4) is 0 Å². The number of nitrogens with two attached hydrogens (primary N) is 1. The van der Waals surface area contributed by atoms with E-state index in [0.29, 0.717) is 11.3 Å². The number of hydrogen-bond acceptors (Lipinski definition) is 4. The van der Waals surface area contributed by atoms with Crippen molar-refractivity contribution >= 4 is 27.6 Å². The SMILES string of the molecule is Nc1cc(C(=O)OCc2cccc(O)c2)ccc1Br. The van der Waals surface area contributed by atoms with Crippen molar-refractivity contribution in [3.8, 4) is 5.75 Å². The van der Waals surface area contributed by atoms with Crippen LogP contribution in [0.4, 0.5) is 5.69 Å². The number of ether oxygens (including phenoxy) is 1. The fourth-order valence-corrected chi connectivity index (χ4v) is 1.80. The molecule has 19 heavy (non-hydrogen) atoms. The Morgan fingerprint density at radius 1 is 1.26 bits per heavy atom. The maximum absolute atomic E-state index is 11.8. The van der Waals surface area contributed by atoms with Crippen LogP contribution in [0.5, 0.6) is 5.75 Å². The van der Waals surface area contributed by atoms with Gasteiger partial charge in [0, 0.05) is 10.2 Å². The third kappa shape index (κ3) is 3.48. The molecule has 0 aliphatic heterocycles. The molecule has 2 aromatic rings. The van der Waals surface area contributed by atoms with Crippen LogP contribution >= 0.6 is 15.9 Å². The monoisotopic (exact) mass is 321 g/mol. The highest BCUT2D eigenvalue weighted by Gasteiger charge is 2.09. The number of carbonyl (C=O) groups excluding carboxylic acids is 1. The Morgan fingerprint density at radius 2 is 2.05 bits per heavy atom. The van der Waals surface area contributed by atoms with E-state index in [0.717, 1.165) is 10.0 Å². The minimum Gasteiger partial charge on any atom is -0.508 e. The summed E-state index contributed by atoms with van der Waals surface area (Å²) < 4.78 is 5.88. The summed E-state index contributed by atoms with van der Waals surface area (Å²) in [7, 11) is 0. The Bertz CT molecular complexity index is 613. The van der Waals surface area contributed by atoms with Gasteiger partial charge in [0.2, 0.25) is 0 Å². The Kier molecular flexibility index (Phi) is 4.06. The Labute approximate surface area is 118 Å². The molecule has 0 aliphatic rings. The van der Waals surface area contributed by atoms with Gasteiger partial charge in [-0.15, -0.1) is 0 Å². The lowest BCUT2D eigenvalue weighted by Crippen LogP contribution is -2.06. The highest BCUT2D eigenvalue weighted by molar-refractivity contribution is 9.10. The maximum atomic E-state index is 11.8. The van der Waals surface area contributed by atoms with Gasteiger partial charge in [-0.25, -0.2) is 4.79 Å². The van der Waals surface area contributed by atoms with Crippen molar-refractivity contribution in [3.05, 3.63) is 58.1 Å². The lowest BCUT2D eigenvalue weighted by molar-refractivity contribution is 0.0472. The minimum absolute atomic E-state index is 0.100. The number of anilines is 1. The topological polar surface area (TPSA) is 72.6 Å². The van der Waals surface area contributed by atoms with Crippen molar-refractivity contribution in [2.24, 2.45) is 0 Å². The first-order valence-corrected chi connectivity index (χ1v) is 6.35. The van der Waals surface area contributed by atoms with E-state index in [1.807, 2.05) is 0 Å². The second-order valence-corrected chi connectivity index (χ2v) is 4.84. The largest absolute Gasteiger partial charge is 0.508 e. The average Bonchev–Trinajstić information content (AvgIpc) is 2.39. The molecule has 0 aliphatic carbocycles. The van der Waals surface area contributed by atoms with Crippen LogP contribution in [-0.4, -0.2) is 11.1 Å². The van der Waals surface area contributed by atoms with E-state index in [4.69, 9.17) is 10.5 Å². The van der Waals surface area contributed by atoms with Crippen LogP contribution in [0.2, 0.25) is 0 Å². The third-order valence-electron chi connectivity index (χ3n) is 2.51. The Balaban J connectivity index is 2.03. The quantitative estimate of drug-likeness (QED) is 0.673. The number of halogens is 1. The Morgan fingerprint density at radius 3 is 2.74 bits per heavy atom. The number of rotatable bonds is 3. The number of phenols is 1. The number of hydrogen-bond donors (Lipinski definition) is 2. The molecule has 0 spiro atoms. The van der Waals surface area contributed by atoms with Gasteiger partial charge in [-0.3, -0.25) is 0 Å². The molecule has 0 saturated heterocycles. The molecule has 5 heteroatoms. The molecule has 0 amide bonds. The van der Waals surface area contributed by atoms with Crippen molar-refractivity contribution in [3.63, 3.8) is 0 Å². The van der Waals surface area contributed by atoms with Crippen LogP contribution in [0.25, 0.3) is 0 Å². The van der Waals surface area contributed by atoms with Crippen molar-refractivity contribution < 1.29 is 14.6 Å². The van der Waals surface area contributed by atoms with Crippen molar-refractivity contribution in [2.45, 2.75) is 6.61 Å². The molecular formula is C14H12BrNO3. The summed E-state index contributed by atoms with van der Waals surface area (Å²) >= 11 is 3.26. The predicted octanol–water partition coefficient (Wildman–Crippen LogP) is 3.09. The molecule has 0 saturated carbocycles. The number of phenolic OH excluding ortho intramolecular Hbond substituents is 1. The molecule has 4 nitrogen and oxygen atoms in total. The first-order valence-electron chi connectivity index (χ1n) is 5.56. The summed E-state index contributed by atoms with van der Waals surface area (Å²) in [5.74, 6) is -0.316. The first kappa shape index (κ1) is 13.4. The van der Waals surface area contributed by atoms with Gasteiger partial charge in [0.05, 0.1) is 5.56 Å². The first-order chi connectivity index (χ1) is 9.06. The molecule has 0 aromatic heterocycles. The zero-order chi connectivity index (χ0) is 13.8. The van der Waals surface area contributed by atoms with E-state index in [1.54, 1.807) is 42.5 Å². The normalized spacial score (nSPS) is 10.2. The van der Waals surface area contributed by atoms with Gasteiger partial charge < -0.3 is 15.6 Å². The standard InChI is InChI=1S/C14H12BrNO3/c15-12-5-4-10(7-13(12)16)14(18)19-8-9-2-1-3-11(17)6-9/h1-7,17H,8,16H2. The number of esters is 1. The van der Waals surface area contributed by atoms with Gasteiger partial charge in [-0.05, 0) is 51.8 Å². The summed E-state index contributed by atoms with van der Waals surface area (Å²) in [5.41, 5.74) is 7.29. The van der Waals surface area contributed by atoms with Crippen LogP contribution < -0.4 is 5.73 Å². The molecule has 2 aromatic carbocycles. The zero-order valence-electron chi connectivity index (χ0n) is 9.97. The molecule has 0 bridgehead atoms. The van der Waals surface area contributed by atoms with E-state index in [-0.39, 0.29) is 12.4 Å². The van der Waals surface area contributed by atoms with E-state index < -0.39 is 5.97 Å². The molecule has 0 heterocycles. The number of carbonyl (C=O) groups is 1. The van der Waals surface area contributed by atoms with Gasteiger partial charge in [0.15, 0.2) is 0 Å². The van der Waals surface area contributed by atoms with Crippen LogP contribution in [0.15, 0.2) is 46.9 Å². The summed E-state index contributed by atoms with van der Waals surface area (Å²) in [6, 6.07) is 11.4. The number of nitrogen functional groups attached to an aromatic ring is 1. The van der Waals surface area contributed by atoms with E-state index in [1.165, 1.54) is 0 Å². The van der Waals surface area contributed by atoms with Crippen molar-refractivity contribution in [1.82, 2.24) is 0 Å². The fraction of sp³-hybridized carbons (Fsp3) is 0.0714. The second-order valence-electron chi connectivity index (χ2n) is 3.98. The minimum atomic E-state index is -0.456. The summed E-state index contributed by atoms with van der Waals surface area (Å²) in [6.45, 7) is 0.100. The average molecular weight is 322 g/mol. The molecule has 3 N–H and O–H groups in total. The van der Waals surface area contributed by atoms with E-state index in [2.05, 4.69) is 15.9 Å². The maximum Gasteiger partial charge on any atom is 0.338 e. The lowest BCUT2D eigenvalue weighted by atomic mass is 10.2. The van der Waals surface area contributed by atoms with Gasteiger partial charge in [0.1, 0.15) is 12.4 Å². The third-order valence-corrected chi connectivity index (χ3v) is 3.23. The summed E-state index contributed by atoms with van der Waals surface area (Å²) in [6.07, 6.45) is 0.